The number of piperidine rings is 1. The van der Waals surface area contributed by atoms with E-state index < -0.39 is 11.3 Å². The first-order chi connectivity index (χ1) is 18.2. The number of halogens is 3. The van der Waals surface area contributed by atoms with Crippen molar-refractivity contribution in [3.63, 3.8) is 0 Å². The molecule has 13 heteroatoms. The van der Waals surface area contributed by atoms with Crippen LogP contribution < -0.4 is 23.8 Å². The Kier molecular flexibility index (Phi) is 7.16. The number of aromatic nitrogens is 2. The van der Waals surface area contributed by atoms with Crippen LogP contribution in [0.1, 0.15) is 12.8 Å². The number of fused-ring (bicyclic) bond motifs is 1. The monoisotopic (exact) mass is 534 g/mol. The minimum atomic E-state index is -4.71. The van der Waals surface area contributed by atoms with Gasteiger partial charge in [-0.15, -0.1) is 13.2 Å². The topological polar surface area (TPSA) is 101 Å². The predicted octanol–water partition coefficient (Wildman–Crippen LogP) is 4.83. The van der Waals surface area contributed by atoms with Gasteiger partial charge in [-0.25, -0.2) is 0 Å². The largest absolute Gasteiger partial charge is 0.573 e. The first-order valence-corrected chi connectivity index (χ1v) is 12.1. The highest BCUT2D eigenvalue weighted by molar-refractivity contribution is 5.49. The zero-order valence-corrected chi connectivity index (χ0v) is 20.2. The van der Waals surface area contributed by atoms with Gasteiger partial charge in [-0.3, -0.25) is 4.57 Å². The third kappa shape index (κ3) is 6.39. The van der Waals surface area contributed by atoms with Gasteiger partial charge in [0.25, 0.3) is 0 Å². The minimum absolute atomic E-state index is 0.225. The molecule has 1 fully saturated rings. The molecular formula is C25H25F3N4O6. The normalized spacial score (nSPS) is 17.6. The van der Waals surface area contributed by atoms with Gasteiger partial charge in [0.1, 0.15) is 30.1 Å². The van der Waals surface area contributed by atoms with E-state index in [0.717, 1.165) is 31.6 Å². The lowest BCUT2D eigenvalue weighted by Crippen LogP contribution is -2.35. The number of ether oxygens (including phenoxy) is 4. The summed E-state index contributed by atoms with van der Waals surface area (Å²) in [7, 11) is 0. The Bertz CT molecular complexity index is 1220. The van der Waals surface area contributed by atoms with Crippen molar-refractivity contribution in [1.82, 2.24) is 9.55 Å². The summed E-state index contributed by atoms with van der Waals surface area (Å²) in [5, 5.41) is 10.8. The summed E-state index contributed by atoms with van der Waals surface area (Å²) in [5.41, 5.74) is 1.08. The Labute approximate surface area is 215 Å². The third-order valence-electron chi connectivity index (χ3n) is 6.38. The summed E-state index contributed by atoms with van der Waals surface area (Å²) < 4.78 is 59.5. The van der Waals surface area contributed by atoms with Crippen LogP contribution in [0.4, 0.5) is 24.7 Å². The van der Waals surface area contributed by atoms with Crippen LogP contribution in [0.25, 0.3) is 0 Å². The molecule has 1 atom stereocenters. The van der Waals surface area contributed by atoms with Gasteiger partial charge >= 0.3 is 18.2 Å². The molecule has 0 saturated carbocycles. The summed E-state index contributed by atoms with van der Waals surface area (Å²) in [6, 6.07) is 13.4. The van der Waals surface area contributed by atoms with Crippen LogP contribution in [0.15, 0.2) is 54.7 Å². The van der Waals surface area contributed by atoms with Gasteiger partial charge in [-0.2, -0.15) is 0 Å². The molecule has 0 bridgehead atoms. The Morgan fingerprint density at radius 1 is 0.974 bits per heavy atom. The molecular weight excluding hydrogens is 509 g/mol. The molecule has 0 N–H and O–H groups in total. The Balaban J connectivity index is 1.02. The molecule has 0 unspecified atom stereocenters. The lowest BCUT2D eigenvalue weighted by molar-refractivity contribution is -0.389. The number of alkyl halides is 3. The lowest BCUT2D eigenvalue weighted by atomic mass is 9.97. The Hall–Kier alpha value is -4.16. The SMILES string of the molecule is O=[N+]([O-])c1cn2c(n1)O[C@H](COc1ccc(N3CCC(COc4ccc(OC(F)(F)F)cc4)CC3)cc1)C2. The standard InChI is InChI=1S/C25H25F3N4O6/c26-25(27,28)38-21-7-5-20(6-8-21)35-15-17-9-11-30(12-10-17)18-1-3-19(4-2-18)36-16-22-13-31-14-23(32(33)34)29-24(31)37-22/h1-8,14,17,22H,9-13,15-16H2/t22-/m0/s1. The van der Waals surface area contributed by atoms with E-state index in [0.29, 0.717) is 37.2 Å². The van der Waals surface area contributed by atoms with E-state index in [1.54, 1.807) is 4.57 Å². The maximum atomic E-state index is 12.3. The molecule has 0 amide bonds. The number of rotatable bonds is 9. The van der Waals surface area contributed by atoms with Gasteiger partial charge < -0.3 is 34.0 Å². The molecule has 3 heterocycles. The molecule has 0 spiro atoms. The van der Waals surface area contributed by atoms with Crippen LogP contribution in [0.3, 0.4) is 0 Å². The Morgan fingerprint density at radius 2 is 1.58 bits per heavy atom. The average molecular weight is 534 g/mol. The molecule has 2 aromatic carbocycles. The van der Waals surface area contributed by atoms with Crippen molar-refractivity contribution in [2.24, 2.45) is 5.92 Å². The molecule has 2 aliphatic heterocycles. The fourth-order valence-corrected chi connectivity index (χ4v) is 4.44. The summed E-state index contributed by atoms with van der Waals surface area (Å²) in [6.07, 6.45) is -1.77. The molecule has 3 aromatic rings. The summed E-state index contributed by atoms with van der Waals surface area (Å²) in [5.74, 6) is 1.04. The van der Waals surface area contributed by atoms with E-state index in [9.17, 15) is 23.3 Å². The first-order valence-electron chi connectivity index (χ1n) is 12.1. The van der Waals surface area contributed by atoms with Crippen molar-refractivity contribution in [2.75, 3.05) is 31.2 Å². The van der Waals surface area contributed by atoms with Crippen molar-refractivity contribution in [2.45, 2.75) is 31.9 Å². The number of nitro groups is 1. The van der Waals surface area contributed by atoms with Gasteiger partial charge in [0, 0.05) is 23.8 Å². The second-order valence-electron chi connectivity index (χ2n) is 9.10. The molecule has 0 aliphatic carbocycles. The van der Waals surface area contributed by atoms with E-state index in [1.807, 2.05) is 24.3 Å². The second kappa shape index (κ2) is 10.7. The number of benzene rings is 2. The highest BCUT2D eigenvalue weighted by atomic mass is 19.4. The van der Waals surface area contributed by atoms with Crippen LogP contribution >= 0.6 is 0 Å². The van der Waals surface area contributed by atoms with Crippen molar-refractivity contribution in [3.05, 3.63) is 64.8 Å². The fourth-order valence-electron chi connectivity index (χ4n) is 4.44. The molecule has 202 valence electrons. The number of hydrogen-bond acceptors (Lipinski definition) is 8. The highest BCUT2D eigenvalue weighted by Gasteiger charge is 2.32. The number of hydrogen-bond donors (Lipinski definition) is 0. The van der Waals surface area contributed by atoms with E-state index in [2.05, 4.69) is 14.6 Å². The maximum absolute atomic E-state index is 12.3. The van der Waals surface area contributed by atoms with Crippen molar-refractivity contribution in [3.8, 4) is 23.3 Å². The van der Waals surface area contributed by atoms with E-state index in [1.165, 1.54) is 30.5 Å². The van der Waals surface area contributed by atoms with Crippen molar-refractivity contribution < 1.29 is 37.0 Å². The van der Waals surface area contributed by atoms with Crippen LogP contribution in [-0.4, -0.2) is 53.2 Å². The summed E-state index contributed by atoms with van der Waals surface area (Å²) >= 11 is 0. The fraction of sp³-hybridized carbons (Fsp3) is 0.400. The van der Waals surface area contributed by atoms with E-state index in [4.69, 9.17) is 14.2 Å². The van der Waals surface area contributed by atoms with E-state index >= 15 is 0 Å². The van der Waals surface area contributed by atoms with Crippen molar-refractivity contribution in [1.29, 1.82) is 0 Å². The van der Waals surface area contributed by atoms with Gasteiger partial charge in [0.2, 0.25) is 0 Å². The van der Waals surface area contributed by atoms with Gasteiger partial charge in [0.15, 0.2) is 6.10 Å². The number of imidazole rings is 1. The zero-order chi connectivity index (χ0) is 26.7. The molecule has 2 aliphatic rings. The van der Waals surface area contributed by atoms with Crippen LogP contribution in [-0.2, 0) is 6.54 Å². The minimum Gasteiger partial charge on any atom is -0.493 e. The van der Waals surface area contributed by atoms with Crippen LogP contribution in [0, 0.1) is 16.0 Å². The van der Waals surface area contributed by atoms with Crippen LogP contribution in [0.2, 0.25) is 0 Å². The molecule has 10 nitrogen and oxygen atoms in total. The molecule has 1 aromatic heterocycles. The van der Waals surface area contributed by atoms with Gasteiger partial charge in [-0.05, 0) is 72.2 Å². The number of nitrogens with zero attached hydrogens (tertiary/aromatic N) is 4. The summed E-state index contributed by atoms with van der Waals surface area (Å²) in [4.78, 5) is 16.4. The third-order valence-corrected chi connectivity index (χ3v) is 6.38. The molecule has 0 radical (unpaired) electrons. The summed E-state index contributed by atoms with van der Waals surface area (Å²) in [6.45, 7) is 2.95. The Morgan fingerprint density at radius 3 is 2.18 bits per heavy atom. The predicted molar refractivity (Wildman–Crippen MR) is 129 cm³/mol. The smallest absolute Gasteiger partial charge is 0.493 e. The van der Waals surface area contributed by atoms with Crippen LogP contribution in [0.5, 0.6) is 23.3 Å². The average Bonchev–Trinajstić information content (AvgIpc) is 3.46. The van der Waals surface area contributed by atoms with E-state index in [-0.39, 0.29) is 23.7 Å². The second-order valence-corrected chi connectivity index (χ2v) is 9.10. The van der Waals surface area contributed by atoms with Gasteiger partial charge in [0.05, 0.1) is 13.2 Å². The van der Waals surface area contributed by atoms with Gasteiger partial charge in [-0.1, -0.05) is 0 Å². The van der Waals surface area contributed by atoms with Crippen molar-refractivity contribution >= 4 is 11.5 Å². The lowest BCUT2D eigenvalue weighted by Gasteiger charge is -2.33. The molecule has 5 rings (SSSR count). The zero-order valence-electron chi connectivity index (χ0n) is 20.2. The number of anilines is 1. The first kappa shape index (κ1) is 25.5. The molecule has 38 heavy (non-hydrogen) atoms. The maximum Gasteiger partial charge on any atom is 0.573 e. The highest BCUT2D eigenvalue weighted by Crippen LogP contribution is 2.29. The quantitative estimate of drug-likeness (QED) is 0.284. The molecule has 1 saturated heterocycles.